The molecule has 0 spiro atoms. The minimum atomic E-state index is -1.50. The Hall–Kier alpha value is -2.71. The Bertz CT molecular complexity index is 1240. The van der Waals surface area contributed by atoms with Crippen LogP contribution in [0.1, 0.15) is 31.9 Å². The molecule has 1 nitrogen and oxygen atoms in total. The largest absolute Gasteiger partial charge is 0.247 e. The first-order chi connectivity index (χ1) is 14.5. The second kappa shape index (κ2) is 7.76. The fourth-order valence-corrected chi connectivity index (χ4v) is 5.86. The van der Waals surface area contributed by atoms with Crippen molar-refractivity contribution >= 4 is 24.2 Å². The molecule has 0 bridgehead atoms. The van der Waals surface area contributed by atoms with Crippen LogP contribution in [0.3, 0.4) is 0 Å². The SMILES string of the molecule is Cc1cc(-c2nc3cccc([Si](C)(C)C)c3cc2-c2ccccc2)cc(C(C)(C)C)c1. The van der Waals surface area contributed by atoms with Crippen molar-refractivity contribution in [3.8, 4) is 22.4 Å². The average Bonchev–Trinajstić information content (AvgIpc) is 2.71. The molecule has 1 aromatic heterocycles. The zero-order chi connectivity index (χ0) is 22.4. The van der Waals surface area contributed by atoms with Crippen molar-refractivity contribution in [2.45, 2.75) is 52.8 Å². The van der Waals surface area contributed by atoms with E-state index < -0.39 is 8.07 Å². The summed E-state index contributed by atoms with van der Waals surface area (Å²) >= 11 is 0. The highest BCUT2D eigenvalue weighted by Crippen LogP contribution is 2.36. The maximum atomic E-state index is 5.28. The number of aromatic nitrogens is 1. The van der Waals surface area contributed by atoms with Gasteiger partial charge in [0.15, 0.2) is 0 Å². The highest BCUT2D eigenvalue weighted by Gasteiger charge is 2.22. The molecule has 2 heteroatoms. The van der Waals surface area contributed by atoms with Crippen LogP contribution in [0.5, 0.6) is 0 Å². The summed E-state index contributed by atoms with van der Waals surface area (Å²) in [6.07, 6.45) is 0. The molecule has 0 N–H and O–H groups in total. The van der Waals surface area contributed by atoms with Gasteiger partial charge >= 0.3 is 0 Å². The number of rotatable bonds is 3. The normalized spacial score (nSPS) is 12.4. The summed E-state index contributed by atoms with van der Waals surface area (Å²) < 4.78 is 0. The van der Waals surface area contributed by atoms with Crippen molar-refractivity contribution in [3.05, 3.63) is 83.9 Å². The van der Waals surface area contributed by atoms with Crippen LogP contribution >= 0.6 is 0 Å². The van der Waals surface area contributed by atoms with Gasteiger partial charge in [0.2, 0.25) is 0 Å². The molecule has 4 rings (SSSR count). The molecule has 0 aliphatic carbocycles. The quantitative estimate of drug-likeness (QED) is 0.307. The fourth-order valence-electron chi connectivity index (χ4n) is 4.26. The van der Waals surface area contributed by atoms with E-state index in [0.717, 1.165) is 11.2 Å². The van der Waals surface area contributed by atoms with Crippen molar-refractivity contribution in [2.24, 2.45) is 0 Å². The molecular formula is C29H33NSi. The Balaban J connectivity index is 2.07. The Morgan fingerprint density at radius 2 is 1.45 bits per heavy atom. The number of benzene rings is 3. The Morgan fingerprint density at radius 3 is 2.10 bits per heavy atom. The van der Waals surface area contributed by atoms with Gasteiger partial charge in [-0.25, -0.2) is 4.98 Å². The van der Waals surface area contributed by atoms with E-state index in [4.69, 9.17) is 4.98 Å². The average molecular weight is 424 g/mol. The van der Waals surface area contributed by atoms with Crippen LogP contribution in [0.4, 0.5) is 0 Å². The van der Waals surface area contributed by atoms with Crippen molar-refractivity contribution in [2.75, 3.05) is 0 Å². The van der Waals surface area contributed by atoms with E-state index in [1.54, 1.807) is 0 Å². The van der Waals surface area contributed by atoms with Crippen LogP contribution in [-0.2, 0) is 5.41 Å². The van der Waals surface area contributed by atoms with Crippen molar-refractivity contribution in [1.29, 1.82) is 0 Å². The van der Waals surface area contributed by atoms with E-state index in [0.29, 0.717) is 0 Å². The molecule has 0 amide bonds. The third-order valence-corrected chi connectivity index (χ3v) is 8.02. The zero-order valence-corrected chi connectivity index (χ0v) is 20.9. The van der Waals surface area contributed by atoms with Gasteiger partial charge in [0.1, 0.15) is 0 Å². The van der Waals surface area contributed by atoms with Crippen LogP contribution in [-0.4, -0.2) is 13.1 Å². The molecule has 4 aromatic rings. The van der Waals surface area contributed by atoms with E-state index in [-0.39, 0.29) is 5.41 Å². The second-order valence-electron chi connectivity index (χ2n) is 10.7. The summed E-state index contributed by atoms with van der Waals surface area (Å²) in [6.45, 7) is 16.2. The van der Waals surface area contributed by atoms with Crippen LogP contribution in [0.25, 0.3) is 33.3 Å². The molecule has 0 radical (unpaired) electrons. The van der Waals surface area contributed by atoms with Gasteiger partial charge in [-0.1, -0.05) is 99.7 Å². The minimum absolute atomic E-state index is 0.0928. The van der Waals surface area contributed by atoms with Crippen molar-refractivity contribution < 1.29 is 0 Å². The predicted octanol–water partition coefficient (Wildman–Crippen LogP) is 7.72. The number of nitrogens with zero attached hydrogens (tertiary/aromatic N) is 1. The Morgan fingerprint density at radius 1 is 0.742 bits per heavy atom. The smallest absolute Gasteiger partial charge is 0.0788 e. The lowest BCUT2D eigenvalue weighted by Crippen LogP contribution is -2.38. The number of hydrogen-bond donors (Lipinski definition) is 0. The Kier molecular flexibility index (Phi) is 5.39. The maximum Gasteiger partial charge on any atom is 0.0788 e. The summed E-state index contributed by atoms with van der Waals surface area (Å²) in [7, 11) is -1.50. The lowest BCUT2D eigenvalue weighted by Gasteiger charge is -2.23. The lowest BCUT2D eigenvalue weighted by atomic mass is 9.84. The van der Waals surface area contributed by atoms with Gasteiger partial charge in [-0.05, 0) is 47.7 Å². The highest BCUT2D eigenvalue weighted by atomic mass is 28.3. The van der Waals surface area contributed by atoms with Crippen LogP contribution < -0.4 is 5.19 Å². The van der Waals surface area contributed by atoms with Crippen molar-refractivity contribution in [3.63, 3.8) is 0 Å². The molecule has 31 heavy (non-hydrogen) atoms. The molecule has 0 fully saturated rings. The van der Waals surface area contributed by atoms with E-state index in [9.17, 15) is 0 Å². The van der Waals surface area contributed by atoms with Gasteiger partial charge in [0, 0.05) is 16.5 Å². The molecule has 0 aliphatic rings. The van der Waals surface area contributed by atoms with Gasteiger partial charge in [0.25, 0.3) is 0 Å². The fraction of sp³-hybridized carbons (Fsp3) is 0.276. The molecule has 0 atom stereocenters. The number of fused-ring (bicyclic) bond motifs is 1. The molecule has 3 aromatic carbocycles. The summed E-state index contributed by atoms with van der Waals surface area (Å²) in [4.78, 5) is 5.28. The molecular weight excluding hydrogens is 390 g/mol. The lowest BCUT2D eigenvalue weighted by molar-refractivity contribution is 0.590. The van der Waals surface area contributed by atoms with Crippen LogP contribution in [0, 0.1) is 6.92 Å². The Labute approximate surface area is 188 Å². The third kappa shape index (κ3) is 4.36. The van der Waals surface area contributed by atoms with Crippen LogP contribution in [0.15, 0.2) is 72.8 Å². The maximum absolute atomic E-state index is 5.28. The molecule has 0 saturated carbocycles. The van der Waals surface area contributed by atoms with Gasteiger partial charge in [0.05, 0.1) is 19.3 Å². The van der Waals surface area contributed by atoms with Gasteiger partial charge < -0.3 is 0 Å². The van der Waals surface area contributed by atoms with Crippen LogP contribution in [0.2, 0.25) is 19.6 Å². The zero-order valence-electron chi connectivity index (χ0n) is 19.9. The molecule has 0 unspecified atom stereocenters. The molecule has 1 heterocycles. The van der Waals surface area contributed by atoms with Gasteiger partial charge in [-0.15, -0.1) is 0 Å². The summed E-state index contributed by atoms with van der Waals surface area (Å²) in [5, 5.41) is 2.77. The molecule has 158 valence electrons. The summed E-state index contributed by atoms with van der Waals surface area (Å²) in [6, 6.07) is 26.6. The minimum Gasteiger partial charge on any atom is -0.247 e. The monoisotopic (exact) mass is 423 g/mol. The first-order valence-electron chi connectivity index (χ1n) is 11.2. The standard InChI is InChI=1S/C29H33NSi/c1-20-16-22(18-23(17-20)29(2,3)4)28-24(21-12-9-8-10-13-21)19-25-26(30-28)14-11-15-27(25)31(5,6)7/h8-19H,1-7H3. The van der Waals surface area contributed by atoms with Gasteiger partial charge in [-0.3, -0.25) is 0 Å². The molecule has 0 saturated heterocycles. The molecule has 0 aliphatic heterocycles. The number of hydrogen-bond acceptors (Lipinski definition) is 1. The first kappa shape index (κ1) is 21.5. The predicted molar refractivity (Wildman–Crippen MR) is 139 cm³/mol. The second-order valence-corrected chi connectivity index (χ2v) is 15.7. The number of pyridine rings is 1. The van der Waals surface area contributed by atoms with E-state index in [1.807, 2.05) is 0 Å². The summed E-state index contributed by atoms with van der Waals surface area (Å²) in [5.41, 5.74) is 8.51. The first-order valence-corrected chi connectivity index (χ1v) is 14.7. The van der Waals surface area contributed by atoms with E-state index in [1.165, 1.54) is 38.4 Å². The topological polar surface area (TPSA) is 12.9 Å². The third-order valence-electron chi connectivity index (χ3n) is 5.97. The van der Waals surface area contributed by atoms with Crippen molar-refractivity contribution in [1.82, 2.24) is 4.98 Å². The van der Waals surface area contributed by atoms with E-state index in [2.05, 4.69) is 120 Å². The number of aryl methyl sites for hydroxylation is 1. The van der Waals surface area contributed by atoms with Gasteiger partial charge in [-0.2, -0.15) is 0 Å². The highest BCUT2D eigenvalue weighted by molar-refractivity contribution is 6.90. The van der Waals surface area contributed by atoms with E-state index >= 15 is 0 Å². The summed E-state index contributed by atoms with van der Waals surface area (Å²) in [5.74, 6) is 0.